The van der Waals surface area contributed by atoms with Gasteiger partial charge in [0.05, 0.1) is 12.8 Å². The third-order valence-electron chi connectivity index (χ3n) is 2.72. The number of pyridine rings is 1. The minimum absolute atomic E-state index is 0.127. The van der Waals surface area contributed by atoms with Gasteiger partial charge in [0.1, 0.15) is 5.75 Å². The number of nitrogens with one attached hydrogen (secondary N) is 1. The van der Waals surface area contributed by atoms with Crippen LogP contribution in [0.5, 0.6) is 5.75 Å². The monoisotopic (exact) mass is 262 g/mol. The summed E-state index contributed by atoms with van der Waals surface area (Å²) in [6.07, 6.45) is 1.67. The molecule has 1 aromatic carbocycles. The van der Waals surface area contributed by atoms with Crippen molar-refractivity contribution in [1.82, 2.24) is 4.98 Å². The van der Waals surface area contributed by atoms with Gasteiger partial charge in [0.2, 0.25) is 0 Å². The maximum absolute atomic E-state index is 6.02. The Morgan fingerprint density at radius 3 is 2.83 bits per heavy atom. The molecule has 0 saturated heterocycles. The van der Waals surface area contributed by atoms with Crippen LogP contribution in [0.25, 0.3) is 0 Å². The molecule has 1 N–H and O–H groups in total. The van der Waals surface area contributed by atoms with Gasteiger partial charge in [-0.3, -0.25) is 0 Å². The molecule has 0 bridgehead atoms. The molecular formula is C14H15ClN2O. The summed E-state index contributed by atoms with van der Waals surface area (Å²) in [5, 5.41) is 3.81. The van der Waals surface area contributed by atoms with Gasteiger partial charge >= 0.3 is 0 Å². The fourth-order valence-corrected chi connectivity index (χ4v) is 1.90. The van der Waals surface area contributed by atoms with Crippen molar-refractivity contribution in [1.29, 1.82) is 0 Å². The molecule has 1 aromatic heterocycles. The predicted octanol–water partition coefficient (Wildman–Crippen LogP) is 3.92. The molecule has 0 aliphatic heterocycles. The van der Waals surface area contributed by atoms with Crippen molar-refractivity contribution in [3.05, 3.63) is 53.3 Å². The Morgan fingerprint density at radius 2 is 2.11 bits per heavy atom. The molecule has 4 heteroatoms. The summed E-state index contributed by atoms with van der Waals surface area (Å²) in [7, 11) is 1.66. The average molecular weight is 263 g/mol. The van der Waals surface area contributed by atoms with Gasteiger partial charge in [-0.05, 0) is 36.8 Å². The van der Waals surface area contributed by atoms with Crippen molar-refractivity contribution in [2.24, 2.45) is 0 Å². The van der Waals surface area contributed by atoms with Crippen molar-refractivity contribution in [2.45, 2.75) is 13.0 Å². The summed E-state index contributed by atoms with van der Waals surface area (Å²) in [4.78, 5) is 4.04. The minimum Gasteiger partial charge on any atom is -0.497 e. The highest BCUT2D eigenvalue weighted by Gasteiger charge is 2.08. The van der Waals surface area contributed by atoms with E-state index in [1.165, 1.54) is 0 Å². The van der Waals surface area contributed by atoms with Crippen LogP contribution in [0.3, 0.4) is 0 Å². The van der Waals surface area contributed by atoms with E-state index in [-0.39, 0.29) is 6.04 Å². The zero-order valence-electron chi connectivity index (χ0n) is 10.4. The fourth-order valence-electron chi connectivity index (χ4n) is 1.72. The molecule has 0 fully saturated rings. The highest BCUT2D eigenvalue weighted by molar-refractivity contribution is 6.31. The second-order valence-electron chi connectivity index (χ2n) is 3.98. The molecule has 0 spiro atoms. The van der Waals surface area contributed by atoms with Crippen molar-refractivity contribution in [3.8, 4) is 5.75 Å². The highest BCUT2D eigenvalue weighted by atomic mass is 35.5. The SMILES string of the molecule is COc1cccc(C(C)Nc2cccnc2Cl)c1. The summed E-state index contributed by atoms with van der Waals surface area (Å²) >= 11 is 6.02. The van der Waals surface area contributed by atoms with Crippen LogP contribution in [0, 0.1) is 0 Å². The summed E-state index contributed by atoms with van der Waals surface area (Å²) in [6, 6.07) is 11.8. The molecule has 1 atom stereocenters. The second-order valence-corrected chi connectivity index (χ2v) is 4.34. The molecule has 0 aliphatic carbocycles. The quantitative estimate of drug-likeness (QED) is 0.848. The first-order chi connectivity index (χ1) is 8.70. The number of halogens is 1. The third-order valence-corrected chi connectivity index (χ3v) is 3.03. The molecule has 2 aromatic rings. The average Bonchev–Trinajstić information content (AvgIpc) is 2.41. The number of hydrogen-bond donors (Lipinski definition) is 1. The Bertz CT molecular complexity index is 531. The van der Waals surface area contributed by atoms with E-state index in [9.17, 15) is 0 Å². The van der Waals surface area contributed by atoms with Gasteiger partial charge in [-0.15, -0.1) is 0 Å². The molecule has 0 saturated carbocycles. The van der Waals surface area contributed by atoms with E-state index in [0.717, 1.165) is 17.0 Å². The molecule has 0 radical (unpaired) electrons. The molecular weight excluding hydrogens is 248 g/mol. The lowest BCUT2D eigenvalue weighted by Crippen LogP contribution is -2.07. The van der Waals surface area contributed by atoms with Crippen molar-refractivity contribution in [3.63, 3.8) is 0 Å². The Balaban J connectivity index is 2.16. The summed E-state index contributed by atoms with van der Waals surface area (Å²) < 4.78 is 5.21. The topological polar surface area (TPSA) is 34.1 Å². The lowest BCUT2D eigenvalue weighted by Gasteiger charge is -2.16. The van der Waals surface area contributed by atoms with Gasteiger partial charge < -0.3 is 10.1 Å². The smallest absolute Gasteiger partial charge is 0.152 e. The van der Waals surface area contributed by atoms with E-state index >= 15 is 0 Å². The fraction of sp³-hybridized carbons (Fsp3) is 0.214. The number of hydrogen-bond acceptors (Lipinski definition) is 3. The van der Waals surface area contributed by atoms with Crippen LogP contribution in [-0.2, 0) is 0 Å². The van der Waals surface area contributed by atoms with Gasteiger partial charge in [0.15, 0.2) is 5.15 Å². The van der Waals surface area contributed by atoms with Crippen LogP contribution < -0.4 is 10.1 Å². The predicted molar refractivity (Wildman–Crippen MR) is 74.3 cm³/mol. The Hall–Kier alpha value is -1.74. The maximum atomic E-state index is 6.02. The number of anilines is 1. The van der Waals surface area contributed by atoms with E-state index in [2.05, 4.69) is 17.2 Å². The van der Waals surface area contributed by atoms with E-state index in [1.807, 2.05) is 36.4 Å². The maximum Gasteiger partial charge on any atom is 0.152 e. The Kier molecular flexibility index (Phi) is 4.05. The van der Waals surface area contributed by atoms with Gasteiger partial charge in [-0.1, -0.05) is 23.7 Å². The van der Waals surface area contributed by atoms with Crippen LogP contribution >= 0.6 is 11.6 Å². The third kappa shape index (κ3) is 2.93. The number of nitrogens with zero attached hydrogens (tertiary/aromatic N) is 1. The van der Waals surface area contributed by atoms with Crippen LogP contribution in [0.4, 0.5) is 5.69 Å². The first-order valence-electron chi connectivity index (χ1n) is 5.71. The second kappa shape index (κ2) is 5.74. The lowest BCUT2D eigenvalue weighted by molar-refractivity contribution is 0.414. The van der Waals surface area contributed by atoms with E-state index < -0.39 is 0 Å². The van der Waals surface area contributed by atoms with Gasteiger partial charge in [-0.25, -0.2) is 4.98 Å². The standard InChI is InChI=1S/C14H15ClN2O/c1-10(11-5-3-6-12(9-11)18-2)17-13-7-4-8-16-14(13)15/h3-10,17H,1-2H3. The van der Waals surface area contributed by atoms with Gasteiger partial charge in [-0.2, -0.15) is 0 Å². The van der Waals surface area contributed by atoms with E-state index in [1.54, 1.807) is 13.3 Å². The van der Waals surface area contributed by atoms with Crippen LogP contribution in [0.2, 0.25) is 5.15 Å². The molecule has 1 unspecified atom stereocenters. The van der Waals surface area contributed by atoms with Crippen LogP contribution in [0.15, 0.2) is 42.6 Å². The molecule has 2 rings (SSSR count). The zero-order valence-corrected chi connectivity index (χ0v) is 11.1. The molecule has 3 nitrogen and oxygen atoms in total. The number of aromatic nitrogens is 1. The van der Waals surface area contributed by atoms with Crippen LogP contribution in [0.1, 0.15) is 18.5 Å². The number of ether oxygens (including phenoxy) is 1. The number of methoxy groups -OCH3 is 1. The normalized spacial score (nSPS) is 11.9. The molecule has 1 heterocycles. The van der Waals surface area contributed by atoms with Crippen LogP contribution in [-0.4, -0.2) is 12.1 Å². The summed E-state index contributed by atoms with van der Waals surface area (Å²) in [5.41, 5.74) is 1.96. The Labute approximate surface area is 112 Å². The summed E-state index contributed by atoms with van der Waals surface area (Å²) in [6.45, 7) is 2.07. The first-order valence-corrected chi connectivity index (χ1v) is 6.09. The zero-order chi connectivity index (χ0) is 13.0. The molecule has 0 aliphatic rings. The van der Waals surface area contributed by atoms with E-state index in [4.69, 9.17) is 16.3 Å². The largest absolute Gasteiger partial charge is 0.497 e. The molecule has 18 heavy (non-hydrogen) atoms. The first kappa shape index (κ1) is 12.7. The minimum atomic E-state index is 0.127. The lowest BCUT2D eigenvalue weighted by atomic mass is 10.1. The number of rotatable bonds is 4. The van der Waals surface area contributed by atoms with E-state index in [0.29, 0.717) is 5.15 Å². The van der Waals surface area contributed by atoms with Crippen molar-refractivity contribution < 1.29 is 4.74 Å². The van der Waals surface area contributed by atoms with Crippen molar-refractivity contribution >= 4 is 17.3 Å². The van der Waals surface area contributed by atoms with Gasteiger partial charge in [0.25, 0.3) is 0 Å². The summed E-state index contributed by atoms with van der Waals surface area (Å²) in [5.74, 6) is 0.846. The molecule has 94 valence electrons. The van der Waals surface area contributed by atoms with Gasteiger partial charge in [0, 0.05) is 12.2 Å². The number of benzene rings is 1. The highest BCUT2D eigenvalue weighted by Crippen LogP contribution is 2.25. The Morgan fingerprint density at radius 1 is 1.28 bits per heavy atom. The van der Waals surface area contributed by atoms with Crippen molar-refractivity contribution in [2.75, 3.05) is 12.4 Å². The molecule has 0 amide bonds.